The van der Waals surface area contributed by atoms with Crippen LogP contribution >= 0.6 is 0 Å². The molecule has 6 heavy (non-hydrogen) atoms. The molecule has 0 aromatic rings. The maximum atomic E-state index is 9.89. The molecule has 0 radical (unpaired) electrons. The van der Waals surface area contributed by atoms with Gasteiger partial charge in [0.2, 0.25) is 0 Å². The molecular weight excluding hydrogens is 196 g/mol. The van der Waals surface area contributed by atoms with Gasteiger partial charge in [-0.15, -0.1) is 0 Å². The monoisotopic (exact) mass is 197 g/mol. The molecule has 0 bridgehead atoms. The molecule has 0 spiro atoms. The molecule has 0 aliphatic carbocycles. The third-order valence-electron chi connectivity index (χ3n) is 0. The average molecular weight is 196 g/mol. The van der Waals surface area contributed by atoms with Gasteiger partial charge in [-0.05, 0) is 0 Å². The Hall–Kier alpha value is 0.273. The molecule has 0 N–H and O–H groups in total. The van der Waals surface area contributed by atoms with Gasteiger partial charge in [0.15, 0.2) is 0 Å². The number of hydrogen-bond donors (Lipinski definition) is 0. The summed E-state index contributed by atoms with van der Waals surface area (Å²) in [6, 6.07) is 0. The van der Waals surface area contributed by atoms with E-state index < -0.39 is 16.1 Å². The molecule has 0 fully saturated rings. The van der Waals surface area contributed by atoms with Crippen LogP contribution in [0.5, 0.6) is 0 Å². The van der Waals surface area contributed by atoms with Crippen molar-refractivity contribution >= 4 is 0 Å². The summed E-state index contributed by atoms with van der Waals surface area (Å²) in [6.07, 6.45) is 0. The molecule has 0 saturated heterocycles. The minimum atomic E-state index is -8.97. The van der Waals surface area contributed by atoms with E-state index in [-0.39, 0.29) is 0 Å². The van der Waals surface area contributed by atoms with E-state index in [1.54, 1.807) is 0 Å². The molecule has 0 amide bonds. The van der Waals surface area contributed by atoms with Crippen LogP contribution in [0.3, 0.4) is 0 Å². The van der Waals surface area contributed by atoms with E-state index in [2.05, 4.69) is 0 Å². The maximum absolute atomic E-state index is 9.89. The first-order valence-corrected chi connectivity index (χ1v) is 3.95. The Morgan fingerprint density at radius 2 is 0.667 bits per heavy atom. The van der Waals surface area contributed by atoms with Gasteiger partial charge >= 0.3 is 32.7 Å². The van der Waals surface area contributed by atoms with Crippen molar-refractivity contribution in [3.05, 3.63) is 0 Å². The van der Waals surface area contributed by atoms with Crippen molar-refractivity contribution in [2.24, 2.45) is 0 Å². The zero-order chi connectivity index (χ0) is 5.45. The van der Waals surface area contributed by atoms with Crippen molar-refractivity contribution < 1.29 is 32.7 Å². The summed E-state index contributed by atoms with van der Waals surface area (Å²) in [4.78, 5) is 0. The molecule has 0 atom stereocenters. The summed E-state index contributed by atoms with van der Waals surface area (Å²) in [7, 11) is 0. The van der Waals surface area contributed by atoms with Gasteiger partial charge in [-0.3, -0.25) is 0 Å². The van der Waals surface area contributed by atoms with Crippen molar-refractivity contribution in [1.29, 1.82) is 0 Å². The van der Waals surface area contributed by atoms with Gasteiger partial charge in [0.05, 0.1) is 0 Å². The Kier molecular flexibility index (Phi) is 0.954. The van der Waals surface area contributed by atoms with E-state index in [4.69, 9.17) is 0 Å². The van der Waals surface area contributed by atoms with Gasteiger partial charge in [-0.2, -0.15) is 0 Å². The molecule has 0 aromatic carbocycles. The zero-order valence-corrected chi connectivity index (χ0v) is 3.98. The molecule has 0 aliphatic heterocycles. The van der Waals surface area contributed by atoms with Crippen LogP contribution in [-0.4, -0.2) is 0 Å². The molecule has 0 aromatic heterocycles. The van der Waals surface area contributed by atoms with E-state index in [1.165, 1.54) is 0 Å². The quantitative estimate of drug-likeness (QED) is 0.411. The van der Waals surface area contributed by atoms with E-state index in [0.29, 0.717) is 0 Å². The zero-order valence-electron chi connectivity index (χ0n) is 2.24. The van der Waals surface area contributed by atoms with E-state index in [1.807, 2.05) is 0 Å². The second-order valence-corrected chi connectivity index (χ2v) is 2.99. The van der Waals surface area contributed by atoms with Gasteiger partial charge in [0.25, 0.3) is 0 Å². The van der Waals surface area contributed by atoms with Crippen LogP contribution in [0, 0.1) is 0 Å². The van der Waals surface area contributed by atoms with Gasteiger partial charge in [0, 0.05) is 0 Å². The molecule has 0 rings (SSSR count). The number of halogens is 5. The first-order chi connectivity index (χ1) is 2.24. The Labute approximate surface area is 33.6 Å². The molecule has 0 saturated carbocycles. The summed E-state index contributed by atoms with van der Waals surface area (Å²) in [6.45, 7) is 0. The normalized spacial score (nSPS) is 19.2. The van der Waals surface area contributed by atoms with Crippen LogP contribution in [0.15, 0.2) is 0 Å². The van der Waals surface area contributed by atoms with Crippen molar-refractivity contribution in [2.45, 2.75) is 0 Å². The molecule has 0 nitrogen and oxygen atoms in total. The third kappa shape index (κ3) is 613. The first kappa shape index (κ1) is 6.27. The standard InChI is InChI=1S/5FH.Ru/h5*1H;/q;;;;;+5/p-5. The summed E-state index contributed by atoms with van der Waals surface area (Å²) in [5.41, 5.74) is 0. The van der Waals surface area contributed by atoms with Gasteiger partial charge < -0.3 is 0 Å². The molecular formula is F5Ru. The predicted octanol–water partition coefficient (Wildman–Crippen LogP) is 2.10. The Morgan fingerprint density at radius 1 is 0.667 bits per heavy atom. The van der Waals surface area contributed by atoms with Crippen molar-refractivity contribution in [3.63, 3.8) is 0 Å². The van der Waals surface area contributed by atoms with Gasteiger partial charge in [0.1, 0.15) is 0 Å². The van der Waals surface area contributed by atoms with E-state index in [9.17, 15) is 16.6 Å². The minimum absolute atomic E-state index is 8.97. The number of rotatable bonds is 0. The fourth-order valence-electron chi connectivity index (χ4n) is 0. The summed E-state index contributed by atoms with van der Waals surface area (Å²) < 4.78 is 49.4. The van der Waals surface area contributed by atoms with Gasteiger partial charge in [-0.1, -0.05) is 0 Å². The fraction of sp³-hybridized carbons (Fsp3) is 0. The molecule has 0 unspecified atom stereocenters. The first-order valence-electron chi connectivity index (χ1n) is 0.668. The Morgan fingerprint density at radius 3 is 0.667 bits per heavy atom. The SMILES string of the molecule is [F][Ru]([F])([F])([F])[F]. The predicted molar refractivity (Wildman–Crippen MR) is 5.54 cm³/mol. The van der Waals surface area contributed by atoms with Crippen LogP contribution in [0.1, 0.15) is 0 Å². The Balaban J connectivity index is 3.73. The molecule has 43 valence electrons. The fourth-order valence-corrected chi connectivity index (χ4v) is 0. The topological polar surface area (TPSA) is 0 Å². The molecule has 0 aliphatic rings. The Bertz CT molecular complexity index is 37.1. The van der Waals surface area contributed by atoms with E-state index in [0.717, 1.165) is 0 Å². The van der Waals surface area contributed by atoms with Crippen LogP contribution in [0.25, 0.3) is 0 Å². The average Bonchev–Trinajstić information content (AvgIpc) is 0.650. The second-order valence-electron chi connectivity index (χ2n) is 0.505. The van der Waals surface area contributed by atoms with Crippen molar-refractivity contribution in [2.75, 3.05) is 0 Å². The second kappa shape index (κ2) is 0.912. The summed E-state index contributed by atoms with van der Waals surface area (Å²) >= 11 is -8.97. The van der Waals surface area contributed by atoms with Gasteiger partial charge in [-0.25, -0.2) is 0 Å². The van der Waals surface area contributed by atoms with E-state index >= 15 is 0 Å². The summed E-state index contributed by atoms with van der Waals surface area (Å²) in [5.74, 6) is 0. The van der Waals surface area contributed by atoms with Crippen molar-refractivity contribution in [1.82, 2.24) is 0 Å². The molecule has 6 heteroatoms. The van der Waals surface area contributed by atoms with Crippen LogP contribution in [0.2, 0.25) is 0 Å². The number of hydrogen-bond acceptors (Lipinski definition) is 0. The van der Waals surface area contributed by atoms with Crippen LogP contribution in [-0.2, 0) is 16.1 Å². The van der Waals surface area contributed by atoms with Crippen molar-refractivity contribution in [3.8, 4) is 0 Å². The van der Waals surface area contributed by atoms with Crippen LogP contribution < -0.4 is 0 Å². The third-order valence-corrected chi connectivity index (χ3v) is 0. The molecule has 0 heterocycles. The summed E-state index contributed by atoms with van der Waals surface area (Å²) in [5, 5.41) is 0. The van der Waals surface area contributed by atoms with Crippen LogP contribution in [0.4, 0.5) is 16.6 Å².